The molecular weight excluding hydrogens is 274 g/mol. The number of carbonyl (C=O) groups is 2. The zero-order chi connectivity index (χ0) is 15.6. The molecule has 21 heavy (non-hydrogen) atoms. The lowest BCUT2D eigenvalue weighted by molar-refractivity contribution is -0.130. The number of likely N-dealkylation sites (N-methyl/N-ethyl adjacent to an activating group) is 1. The highest BCUT2D eigenvalue weighted by Crippen LogP contribution is 2.21. The second-order valence-electron chi connectivity index (χ2n) is 4.89. The molecule has 2 amide bonds. The molecule has 1 aliphatic rings. The van der Waals surface area contributed by atoms with Crippen molar-refractivity contribution in [1.82, 2.24) is 20.0 Å². The summed E-state index contributed by atoms with van der Waals surface area (Å²) in [6.45, 7) is 2.86. The molecule has 0 spiro atoms. The van der Waals surface area contributed by atoms with Crippen molar-refractivity contribution in [3.8, 4) is 0 Å². The van der Waals surface area contributed by atoms with Crippen LogP contribution in [-0.2, 0) is 23.0 Å². The molecule has 1 unspecified atom stereocenters. The Morgan fingerprint density at radius 3 is 2.81 bits per heavy atom. The van der Waals surface area contributed by atoms with Crippen LogP contribution in [-0.4, -0.2) is 59.3 Å². The van der Waals surface area contributed by atoms with Gasteiger partial charge in [-0.25, -0.2) is 0 Å². The molecule has 0 radical (unpaired) electrons. The molecule has 116 valence electrons. The number of nitrogens with two attached hydrogens (primary N) is 1. The van der Waals surface area contributed by atoms with Crippen molar-refractivity contribution >= 4 is 17.5 Å². The van der Waals surface area contributed by atoms with Gasteiger partial charge in [0.15, 0.2) is 0 Å². The summed E-state index contributed by atoms with van der Waals surface area (Å²) in [6.07, 6.45) is 0.648. The summed E-state index contributed by atoms with van der Waals surface area (Å²) in [4.78, 5) is 26.2. The molecule has 8 heteroatoms. The Kier molecular flexibility index (Phi) is 4.46. The molecule has 3 N–H and O–H groups in total. The number of aromatic nitrogens is 2. The molecule has 1 aromatic heterocycles. The molecule has 1 saturated heterocycles. The SMILES string of the molecule is CCc1nn(C)c(C(=O)N2CCOCC2C(=O)NC)c1N. The summed E-state index contributed by atoms with van der Waals surface area (Å²) in [5, 5.41) is 6.80. The summed E-state index contributed by atoms with van der Waals surface area (Å²) in [7, 11) is 3.21. The maximum atomic E-state index is 12.8. The van der Waals surface area contributed by atoms with E-state index in [1.165, 1.54) is 16.6 Å². The number of nitrogens with zero attached hydrogens (tertiary/aromatic N) is 3. The Balaban J connectivity index is 2.33. The third kappa shape index (κ3) is 2.71. The zero-order valence-corrected chi connectivity index (χ0v) is 12.5. The summed E-state index contributed by atoms with van der Waals surface area (Å²) in [5.41, 5.74) is 7.40. The number of aryl methyl sites for hydroxylation is 2. The van der Waals surface area contributed by atoms with Gasteiger partial charge in [0, 0.05) is 20.6 Å². The van der Waals surface area contributed by atoms with E-state index in [4.69, 9.17) is 10.5 Å². The quantitative estimate of drug-likeness (QED) is 0.756. The first kappa shape index (κ1) is 15.3. The first-order valence-corrected chi connectivity index (χ1v) is 6.92. The van der Waals surface area contributed by atoms with E-state index in [1.807, 2.05) is 6.92 Å². The summed E-state index contributed by atoms with van der Waals surface area (Å²) < 4.78 is 6.78. The highest BCUT2D eigenvalue weighted by Gasteiger charge is 2.35. The van der Waals surface area contributed by atoms with Gasteiger partial charge in [-0.2, -0.15) is 5.10 Å². The second kappa shape index (κ2) is 6.13. The molecule has 0 aromatic carbocycles. The Bertz CT molecular complexity index is 554. The fourth-order valence-electron chi connectivity index (χ4n) is 2.48. The van der Waals surface area contributed by atoms with Crippen LogP contribution >= 0.6 is 0 Å². The lowest BCUT2D eigenvalue weighted by Gasteiger charge is -2.34. The third-order valence-corrected chi connectivity index (χ3v) is 3.64. The van der Waals surface area contributed by atoms with Gasteiger partial charge in [-0.3, -0.25) is 14.3 Å². The van der Waals surface area contributed by atoms with Crippen molar-refractivity contribution < 1.29 is 14.3 Å². The van der Waals surface area contributed by atoms with Gasteiger partial charge in [0.25, 0.3) is 5.91 Å². The van der Waals surface area contributed by atoms with Crippen LogP contribution in [0.15, 0.2) is 0 Å². The van der Waals surface area contributed by atoms with Gasteiger partial charge in [0.1, 0.15) is 11.7 Å². The predicted molar refractivity (Wildman–Crippen MR) is 76.7 cm³/mol. The second-order valence-corrected chi connectivity index (χ2v) is 4.89. The molecule has 0 saturated carbocycles. The summed E-state index contributed by atoms with van der Waals surface area (Å²) in [6, 6.07) is -0.643. The van der Waals surface area contributed by atoms with E-state index >= 15 is 0 Å². The Labute approximate surface area is 123 Å². The molecule has 1 aliphatic heterocycles. The minimum Gasteiger partial charge on any atom is -0.395 e. The maximum Gasteiger partial charge on any atom is 0.275 e. The van der Waals surface area contributed by atoms with Crippen molar-refractivity contribution in [3.05, 3.63) is 11.4 Å². The van der Waals surface area contributed by atoms with E-state index in [9.17, 15) is 9.59 Å². The lowest BCUT2D eigenvalue weighted by Crippen LogP contribution is -2.55. The van der Waals surface area contributed by atoms with E-state index < -0.39 is 6.04 Å². The van der Waals surface area contributed by atoms with Gasteiger partial charge in [-0.05, 0) is 6.42 Å². The van der Waals surface area contributed by atoms with E-state index in [1.54, 1.807) is 7.05 Å². The minimum absolute atomic E-state index is 0.184. The van der Waals surface area contributed by atoms with Gasteiger partial charge in [-0.1, -0.05) is 6.92 Å². The van der Waals surface area contributed by atoms with Crippen molar-refractivity contribution in [2.75, 3.05) is 32.5 Å². The molecule has 1 atom stereocenters. The first-order valence-electron chi connectivity index (χ1n) is 6.92. The van der Waals surface area contributed by atoms with Crippen LogP contribution in [0, 0.1) is 0 Å². The van der Waals surface area contributed by atoms with Crippen LogP contribution < -0.4 is 11.1 Å². The highest BCUT2D eigenvalue weighted by atomic mass is 16.5. The monoisotopic (exact) mass is 295 g/mol. The zero-order valence-electron chi connectivity index (χ0n) is 12.5. The topological polar surface area (TPSA) is 102 Å². The fraction of sp³-hybridized carbons (Fsp3) is 0.615. The molecule has 2 rings (SSSR count). The van der Waals surface area contributed by atoms with Gasteiger partial charge >= 0.3 is 0 Å². The minimum atomic E-state index is -0.643. The van der Waals surface area contributed by atoms with Crippen LogP contribution in [0.4, 0.5) is 5.69 Å². The molecule has 2 heterocycles. The lowest BCUT2D eigenvalue weighted by atomic mass is 10.1. The number of carbonyl (C=O) groups excluding carboxylic acids is 2. The van der Waals surface area contributed by atoms with Crippen molar-refractivity contribution in [2.45, 2.75) is 19.4 Å². The molecule has 8 nitrogen and oxygen atoms in total. The third-order valence-electron chi connectivity index (χ3n) is 3.64. The van der Waals surface area contributed by atoms with Crippen LogP contribution in [0.25, 0.3) is 0 Å². The largest absolute Gasteiger partial charge is 0.395 e. The van der Waals surface area contributed by atoms with Crippen LogP contribution in [0.1, 0.15) is 23.1 Å². The van der Waals surface area contributed by atoms with Crippen molar-refractivity contribution in [2.24, 2.45) is 7.05 Å². The van der Waals surface area contributed by atoms with Crippen LogP contribution in [0.5, 0.6) is 0 Å². The number of anilines is 1. The van der Waals surface area contributed by atoms with Crippen molar-refractivity contribution in [3.63, 3.8) is 0 Å². The first-order chi connectivity index (χ1) is 10.0. The molecule has 1 fully saturated rings. The van der Waals surface area contributed by atoms with Gasteiger partial charge in [0.2, 0.25) is 5.91 Å². The summed E-state index contributed by atoms with van der Waals surface area (Å²) >= 11 is 0. The predicted octanol–water partition coefficient (Wildman–Crippen LogP) is -0.848. The normalized spacial score (nSPS) is 18.6. The van der Waals surface area contributed by atoms with Gasteiger partial charge < -0.3 is 20.7 Å². The standard InChI is InChI=1S/C13H21N5O3/c1-4-8-10(14)11(17(3)16-8)13(20)18-5-6-21-7-9(18)12(19)15-2/h9H,4-7,14H2,1-3H3,(H,15,19). The number of nitrogens with one attached hydrogen (secondary N) is 1. The summed E-state index contributed by atoms with van der Waals surface area (Å²) in [5.74, 6) is -0.543. The maximum absolute atomic E-state index is 12.8. The Hall–Kier alpha value is -2.09. The van der Waals surface area contributed by atoms with Crippen LogP contribution in [0.3, 0.4) is 0 Å². The number of rotatable bonds is 3. The molecule has 0 bridgehead atoms. The van der Waals surface area contributed by atoms with Crippen molar-refractivity contribution in [1.29, 1.82) is 0 Å². The number of hydrogen-bond acceptors (Lipinski definition) is 5. The number of hydrogen-bond donors (Lipinski definition) is 2. The Morgan fingerprint density at radius 2 is 2.24 bits per heavy atom. The van der Waals surface area contributed by atoms with Crippen LogP contribution in [0.2, 0.25) is 0 Å². The molecule has 0 aliphatic carbocycles. The van der Waals surface area contributed by atoms with E-state index in [2.05, 4.69) is 10.4 Å². The van der Waals surface area contributed by atoms with E-state index in [0.29, 0.717) is 36.6 Å². The van der Waals surface area contributed by atoms with Gasteiger partial charge in [-0.15, -0.1) is 0 Å². The fourth-order valence-corrected chi connectivity index (χ4v) is 2.48. The van der Waals surface area contributed by atoms with E-state index in [0.717, 1.165) is 0 Å². The molecular formula is C13H21N5O3. The van der Waals surface area contributed by atoms with Gasteiger partial charge in [0.05, 0.1) is 24.6 Å². The highest BCUT2D eigenvalue weighted by molar-refractivity contribution is 6.00. The number of ether oxygens (including phenoxy) is 1. The Morgan fingerprint density at radius 1 is 1.52 bits per heavy atom. The molecule has 1 aromatic rings. The average molecular weight is 295 g/mol. The van der Waals surface area contributed by atoms with E-state index in [-0.39, 0.29) is 18.4 Å². The average Bonchev–Trinajstić information content (AvgIpc) is 2.80. The number of nitrogen functional groups attached to an aromatic ring is 1. The smallest absolute Gasteiger partial charge is 0.275 e. The number of amides is 2. The number of morpholine rings is 1.